The Morgan fingerprint density at radius 2 is 1.13 bits per heavy atom. The quantitative estimate of drug-likeness (QED) is 0.284. The third-order valence-electron chi connectivity index (χ3n) is 5.99. The Morgan fingerprint density at radius 1 is 0.684 bits per heavy atom. The maximum atomic E-state index is 13.1. The fraction of sp³-hybridized carbons (Fsp3) is 0.276. The maximum absolute atomic E-state index is 13.1. The van der Waals surface area contributed by atoms with Crippen molar-refractivity contribution < 1.29 is 28.6 Å². The second-order valence-corrected chi connectivity index (χ2v) is 8.93. The zero-order valence-electron chi connectivity index (χ0n) is 21.0. The molecule has 4 rings (SSSR count). The van der Waals surface area contributed by atoms with Crippen molar-refractivity contribution in [2.75, 3.05) is 6.54 Å². The number of hydrazine groups is 1. The lowest BCUT2D eigenvalue weighted by Crippen LogP contribution is -2.56. The molecule has 2 N–H and O–H groups in total. The number of benzene rings is 3. The van der Waals surface area contributed by atoms with E-state index in [2.05, 4.69) is 10.7 Å². The molecular formula is C29H31N3O6. The maximum Gasteiger partial charge on any atom is 0.429 e. The van der Waals surface area contributed by atoms with Crippen molar-refractivity contribution in [1.82, 2.24) is 15.8 Å². The van der Waals surface area contributed by atoms with Gasteiger partial charge >= 0.3 is 18.3 Å². The summed E-state index contributed by atoms with van der Waals surface area (Å²) in [6.45, 7) is 0.254. The van der Waals surface area contributed by atoms with Gasteiger partial charge in [-0.1, -0.05) is 91.0 Å². The molecule has 0 saturated heterocycles. The lowest BCUT2D eigenvalue weighted by atomic mass is 10.2. The minimum absolute atomic E-state index is 0.0286. The number of carbonyl (C=O) groups is 3. The van der Waals surface area contributed by atoms with E-state index in [-0.39, 0.29) is 32.3 Å². The molecule has 9 nitrogen and oxygen atoms in total. The normalized spacial score (nSPS) is 13.1. The van der Waals surface area contributed by atoms with Crippen molar-refractivity contribution in [1.29, 1.82) is 0 Å². The zero-order valence-corrected chi connectivity index (χ0v) is 21.0. The molecule has 38 heavy (non-hydrogen) atoms. The molecule has 3 amide bonds. The zero-order chi connectivity index (χ0) is 26.6. The number of nitrogens with one attached hydrogen (secondary N) is 2. The van der Waals surface area contributed by atoms with Crippen LogP contribution in [0.25, 0.3) is 0 Å². The van der Waals surface area contributed by atoms with Crippen LogP contribution in [0, 0.1) is 5.92 Å². The van der Waals surface area contributed by atoms with Crippen LogP contribution >= 0.6 is 0 Å². The third kappa shape index (κ3) is 8.55. The SMILES string of the molecule is O=C(NC[C@@H](C1CC1)N(NC(=O)OCc1ccccc1)C(=O)OCc1ccccc1)OCc1ccccc1. The molecule has 198 valence electrons. The van der Waals surface area contributed by atoms with E-state index in [1.54, 1.807) is 0 Å². The molecule has 0 spiro atoms. The average molecular weight is 518 g/mol. The second-order valence-electron chi connectivity index (χ2n) is 8.93. The van der Waals surface area contributed by atoms with E-state index in [1.165, 1.54) is 0 Å². The number of carbonyl (C=O) groups excluding carboxylic acids is 3. The summed E-state index contributed by atoms with van der Waals surface area (Å²) in [5, 5.41) is 3.83. The first-order valence-corrected chi connectivity index (χ1v) is 12.5. The fourth-order valence-corrected chi connectivity index (χ4v) is 3.82. The van der Waals surface area contributed by atoms with Crippen LogP contribution < -0.4 is 10.7 Å². The van der Waals surface area contributed by atoms with E-state index in [0.717, 1.165) is 34.5 Å². The average Bonchev–Trinajstić information content (AvgIpc) is 3.80. The van der Waals surface area contributed by atoms with Crippen LogP contribution in [-0.2, 0) is 34.0 Å². The number of ether oxygens (including phenoxy) is 3. The summed E-state index contributed by atoms with van der Waals surface area (Å²) in [5.74, 6) is 0.0723. The number of alkyl carbamates (subject to hydrolysis) is 1. The highest BCUT2D eigenvalue weighted by molar-refractivity contribution is 5.74. The van der Waals surface area contributed by atoms with Crippen LogP contribution in [-0.4, -0.2) is 35.9 Å². The summed E-state index contributed by atoms with van der Waals surface area (Å²) in [5.41, 5.74) is 5.00. The third-order valence-corrected chi connectivity index (χ3v) is 5.99. The first-order valence-electron chi connectivity index (χ1n) is 12.5. The molecule has 0 radical (unpaired) electrons. The fourth-order valence-electron chi connectivity index (χ4n) is 3.82. The molecule has 1 fully saturated rings. The van der Waals surface area contributed by atoms with Gasteiger partial charge in [0.15, 0.2) is 0 Å². The van der Waals surface area contributed by atoms with E-state index >= 15 is 0 Å². The molecule has 0 aromatic heterocycles. The van der Waals surface area contributed by atoms with Crippen molar-refractivity contribution in [3.8, 4) is 0 Å². The van der Waals surface area contributed by atoms with Gasteiger partial charge in [-0.2, -0.15) is 0 Å². The number of rotatable bonds is 10. The summed E-state index contributed by atoms with van der Waals surface area (Å²) >= 11 is 0. The van der Waals surface area contributed by atoms with E-state index in [4.69, 9.17) is 14.2 Å². The van der Waals surface area contributed by atoms with Crippen LogP contribution in [0.15, 0.2) is 91.0 Å². The standard InChI is InChI=1S/C29H31N3O6/c33-27(36-19-22-10-4-1-5-11-22)30-18-26(25-16-17-25)32(29(35)38-21-24-14-8-3-9-15-24)31-28(34)37-20-23-12-6-2-7-13-23/h1-15,25-26H,16-21H2,(H,30,33)(H,31,34)/t26-/m0/s1. The summed E-state index contributed by atoms with van der Waals surface area (Å²) in [4.78, 5) is 38.2. The van der Waals surface area contributed by atoms with Crippen molar-refractivity contribution in [3.05, 3.63) is 108 Å². The summed E-state index contributed by atoms with van der Waals surface area (Å²) in [6.07, 6.45) is -0.489. The smallest absolute Gasteiger partial charge is 0.429 e. The van der Waals surface area contributed by atoms with E-state index in [9.17, 15) is 14.4 Å². The molecule has 3 aromatic rings. The van der Waals surface area contributed by atoms with Crippen molar-refractivity contribution in [2.24, 2.45) is 5.92 Å². The largest absolute Gasteiger partial charge is 0.445 e. The van der Waals surface area contributed by atoms with Crippen LogP contribution in [0.3, 0.4) is 0 Å². The Kier molecular flexibility index (Phi) is 9.56. The van der Waals surface area contributed by atoms with Crippen molar-refractivity contribution in [3.63, 3.8) is 0 Å². The van der Waals surface area contributed by atoms with Gasteiger partial charge in [0.05, 0.1) is 6.04 Å². The Labute approximate surface area is 221 Å². The minimum Gasteiger partial charge on any atom is -0.445 e. The summed E-state index contributed by atoms with van der Waals surface area (Å²) in [7, 11) is 0. The predicted octanol–water partition coefficient (Wildman–Crippen LogP) is 5.17. The van der Waals surface area contributed by atoms with Gasteiger partial charge in [-0.3, -0.25) is 0 Å². The van der Waals surface area contributed by atoms with Gasteiger partial charge in [-0.15, -0.1) is 0 Å². The number of nitrogens with zero attached hydrogens (tertiary/aromatic N) is 1. The van der Waals surface area contributed by atoms with Crippen LogP contribution in [0.4, 0.5) is 14.4 Å². The molecule has 1 aliphatic rings. The Morgan fingerprint density at radius 3 is 1.61 bits per heavy atom. The molecule has 1 saturated carbocycles. The van der Waals surface area contributed by atoms with Crippen LogP contribution in [0.5, 0.6) is 0 Å². The minimum atomic E-state index is -0.803. The number of hydrogen-bond acceptors (Lipinski definition) is 6. The molecule has 9 heteroatoms. The number of hydrogen-bond donors (Lipinski definition) is 2. The second kappa shape index (κ2) is 13.7. The summed E-state index contributed by atoms with van der Waals surface area (Å²) in [6, 6.07) is 27.2. The van der Waals surface area contributed by atoms with Gasteiger partial charge in [0.2, 0.25) is 0 Å². The molecular weight excluding hydrogens is 486 g/mol. The topological polar surface area (TPSA) is 106 Å². The Hall–Kier alpha value is -4.53. The molecule has 0 aliphatic heterocycles. The van der Waals surface area contributed by atoms with E-state index in [1.807, 2.05) is 91.0 Å². The molecule has 0 unspecified atom stereocenters. The Bertz CT molecular complexity index is 1170. The highest BCUT2D eigenvalue weighted by Crippen LogP contribution is 2.35. The van der Waals surface area contributed by atoms with E-state index in [0.29, 0.717) is 0 Å². The summed E-state index contributed by atoms with van der Waals surface area (Å²) < 4.78 is 16.1. The van der Waals surface area contributed by atoms with Gasteiger partial charge in [0, 0.05) is 6.54 Å². The van der Waals surface area contributed by atoms with E-state index < -0.39 is 24.3 Å². The van der Waals surface area contributed by atoms with Gasteiger partial charge in [0.25, 0.3) is 0 Å². The number of amides is 3. The highest BCUT2D eigenvalue weighted by Gasteiger charge is 2.40. The molecule has 0 heterocycles. The van der Waals surface area contributed by atoms with Gasteiger partial charge < -0.3 is 19.5 Å². The van der Waals surface area contributed by atoms with Crippen molar-refractivity contribution in [2.45, 2.75) is 38.7 Å². The monoisotopic (exact) mass is 517 g/mol. The van der Waals surface area contributed by atoms with Crippen LogP contribution in [0.2, 0.25) is 0 Å². The molecule has 1 atom stereocenters. The van der Waals surface area contributed by atoms with Crippen molar-refractivity contribution >= 4 is 18.3 Å². The van der Waals surface area contributed by atoms with Gasteiger partial charge in [0.1, 0.15) is 19.8 Å². The first kappa shape index (κ1) is 26.5. The van der Waals surface area contributed by atoms with Gasteiger partial charge in [-0.05, 0) is 35.4 Å². The first-order chi connectivity index (χ1) is 18.6. The van der Waals surface area contributed by atoms with Gasteiger partial charge in [-0.25, -0.2) is 24.8 Å². The molecule has 0 bridgehead atoms. The predicted molar refractivity (Wildman–Crippen MR) is 139 cm³/mol. The molecule has 1 aliphatic carbocycles. The van der Waals surface area contributed by atoms with Crippen LogP contribution in [0.1, 0.15) is 29.5 Å². The highest BCUT2D eigenvalue weighted by atomic mass is 16.6. The lowest BCUT2D eigenvalue weighted by molar-refractivity contribution is 0.0410. The lowest BCUT2D eigenvalue weighted by Gasteiger charge is -2.31. The Balaban J connectivity index is 1.38. The molecule has 3 aromatic carbocycles.